The van der Waals surface area contributed by atoms with Crippen molar-refractivity contribution < 1.29 is 0 Å². The molecule has 134 valence electrons. The van der Waals surface area contributed by atoms with Crippen LogP contribution in [0.3, 0.4) is 0 Å². The van der Waals surface area contributed by atoms with Crippen molar-refractivity contribution in [2.45, 2.75) is 51.5 Å². The number of nitrogens with zero attached hydrogens (tertiary/aromatic N) is 3. The Hall–Kier alpha value is -1.88. The largest absolute Gasteiger partial charge is 0.346 e. The molecule has 3 heterocycles. The van der Waals surface area contributed by atoms with Crippen LogP contribution in [0.1, 0.15) is 44.6 Å². The highest BCUT2D eigenvalue weighted by molar-refractivity contribution is 5.78. The molecular formula is C20H29N5. The van der Waals surface area contributed by atoms with Crippen LogP contribution in [0, 0.1) is 11.8 Å². The average Bonchev–Trinajstić information content (AvgIpc) is 3.30. The van der Waals surface area contributed by atoms with Crippen molar-refractivity contribution in [3.63, 3.8) is 0 Å². The lowest BCUT2D eigenvalue weighted by Gasteiger charge is -2.37. The zero-order valence-corrected chi connectivity index (χ0v) is 15.3. The first kappa shape index (κ1) is 16.6. The molecule has 1 unspecified atom stereocenters. The topological polar surface area (TPSA) is 60.1 Å². The van der Waals surface area contributed by atoms with Crippen LogP contribution in [0.15, 0.2) is 23.6 Å². The van der Waals surface area contributed by atoms with E-state index >= 15 is 0 Å². The highest BCUT2D eigenvalue weighted by atomic mass is 15.1. The maximum atomic E-state index is 4.74. The van der Waals surface area contributed by atoms with Crippen LogP contribution in [-0.2, 0) is 6.42 Å². The molecule has 0 saturated heterocycles. The molecule has 2 N–H and O–H groups in total. The van der Waals surface area contributed by atoms with E-state index in [4.69, 9.17) is 4.99 Å². The molecular weight excluding hydrogens is 310 g/mol. The molecule has 5 nitrogen and oxygen atoms in total. The van der Waals surface area contributed by atoms with Gasteiger partial charge in [0.2, 0.25) is 0 Å². The van der Waals surface area contributed by atoms with E-state index in [0.717, 1.165) is 29.8 Å². The van der Waals surface area contributed by atoms with E-state index in [2.05, 4.69) is 46.5 Å². The number of hydrogen-bond donors (Lipinski definition) is 2. The van der Waals surface area contributed by atoms with Gasteiger partial charge in [-0.15, -0.1) is 0 Å². The van der Waals surface area contributed by atoms with Gasteiger partial charge in [0.25, 0.3) is 0 Å². The van der Waals surface area contributed by atoms with E-state index < -0.39 is 0 Å². The van der Waals surface area contributed by atoms with Crippen molar-refractivity contribution in [1.29, 1.82) is 0 Å². The van der Waals surface area contributed by atoms with Crippen LogP contribution in [0.2, 0.25) is 0 Å². The van der Waals surface area contributed by atoms with Crippen LogP contribution >= 0.6 is 0 Å². The molecule has 2 aliphatic rings. The Balaban J connectivity index is 1.43. The fraction of sp³-hybridized carbons (Fsp3) is 0.600. The Morgan fingerprint density at radius 1 is 1.20 bits per heavy atom. The Kier molecular flexibility index (Phi) is 4.75. The van der Waals surface area contributed by atoms with Gasteiger partial charge >= 0.3 is 0 Å². The molecule has 1 atom stereocenters. The molecule has 2 aromatic heterocycles. The first-order valence-electron chi connectivity index (χ1n) is 9.70. The van der Waals surface area contributed by atoms with E-state index in [1.54, 1.807) is 0 Å². The highest BCUT2D eigenvalue weighted by Crippen LogP contribution is 2.40. The van der Waals surface area contributed by atoms with Gasteiger partial charge in [-0.05, 0) is 58.0 Å². The second-order valence-electron chi connectivity index (χ2n) is 7.71. The van der Waals surface area contributed by atoms with Gasteiger partial charge in [0.1, 0.15) is 5.82 Å². The van der Waals surface area contributed by atoms with E-state index in [1.807, 2.05) is 12.4 Å². The molecule has 0 amide bonds. The van der Waals surface area contributed by atoms with Gasteiger partial charge in [-0.1, -0.05) is 6.92 Å². The number of fused-ring (bicyclic) bond motifs is 1. The number of rotatable bonds is 5. The maximum Gasteiger partial charge on any atom is 0.133 e. The summed E-state index contributed by atoms with van der Waals surface area (Å²) in [4.78, 5) is 10.6. The summed E-state index contributed by atoms with van der Waals surface area (Å²) >= 11 is 0. The van der Waals surface area contributed by atoms with Gasteiger partial charge in [0, 0.05) is 47.3 Å². The number of aromatic amines is 2. The lowest BCUT2D eigenvalue weighted by atomic mass is 9.75. The molecule has 25 heavy (non-hydrogen) atoms. The number of aliphatic imine (C=N–C) groups is 1. The number of aromatic nitrogens is 3. The van der Waals surface area contributed by atoms with E-state index in [0.29, 0.717) is 5.92 Å². The zero-order chi connectivity index (χ0) is 17.2. The quantitative estimate of drug-likeness (QED) is 0.858. The lowest BCUT2D eigenvalue weighted by molar-refractivity contribution is 0.153. The molecule has 0 spiro atoms. The normalized spacial score (nSPS) is 26.1. The van der Waals surface area contributed by atoms with Crippen molar-refractivity contribution in [3.8, 4) is 11.1 Å². The van der Waals surface area contributed by atoms with Crippen molar-refractivity contribution in [3.05, 3.63) is 24.2 Å². The molecule has 2 aromatic rings. The highest BCUT2D eigenvalue weighted by Gasteiger charge is 2.31. The van der Waals surface area contributed by atoms with E-state index in [1.165, 1.54) is 49.8 Å². The van der Waals surface area contributed by atoms with Gasteiger partial charge in [-0.25, -0.2) is 4.99 Å². The molecule has 0 aromatic carbocycles. The molecule has 1 aliphatic heterocycles. The minimum absolute atomic E-state index is 0.575. The Labute approximate surface area is 149 Å². The molecule has 1 saturated carbocycles. The third-order valence-corrected chi connectivity index (χ3v) is 6.15. The van der Waals surface area contributed by atoms with Crippen molar-refractivity contribution >= 4 is 12.0 Å². The SMILES string of the molecule is CCCN(C)C1CCC(C2C=Nc3[nH]cc(-c4cn[nH]c4)c3C2)CC1. The summed E-state index contributed by atoms with van der Waals surface area (Å²) in [5.74, 6) is 2.38. The van der Waals surface area contributed by atoms with Crippen LogP contribution in [0.4, 0.5) is 5.82 Å². The first-order chi connectivity index (χ1) is 12.3. The molecule has 5 heteroatoms. The van der Waals surface area contributed by atoms with Gasteiger partial charge in [-0.2, -0.15) is 5.10 Å². The zero-order valence-electron chi connectivity index (χ0n) is 15.3. The standard InChI is InChI=1S/C20H29N5/c1-3-8-25(2)17-6-4-14(5-7-17)15-9-18-19(16-11-23-24-12-16)13-22-20(18)21-10-15/h10-15,17,22H,3-9H2,1-2H3,(H,23,24). The van der Waals surface area contributed by atoms with Crippen LogP contribution in [0.5, 0.6) is 0 Å². The van der Waals surface area contributed by atoms with E-state index in [9.17, 15) is 0 Å². The predicted molar refractivity (Wildman–Crippen MR) is 102 cm³/mol. The second kappa shape index (κ2) is 7.16. The van der Waals surface area contributed by atoms with Crippen LogP contribution in [0.25, 0.3) is 11.1 Å². The predicted octanol–water partition coefficient (Wildman–Crippen LogP) is 4.18. The van der Waals surface area contributed by atoms with Gasteiger partial charge in [-0.3, -0.25) is 5.10 Å². The molecule has 0 radical (unpaired) electrons. The third-order valence-electron chi connectivity index (χ3n) is 6.15. The summed E-state index contributed by atoms with van der Waals surface area (Å²) in [6.45, 7) is 3.49. The summed E-state index contributed by atoms with van der Waals surface area (Å²) in [5, 5.41) is 7.01. The van der Waals surface area contributed by atoms with Crippen LogP contribution in [-0.4, -0.2) is 45.9 Å². The minimum atomic E-state index is 0.575. The number of H-pyrrole nitrogens is 2. The van der Waals surface area contributed by atoms with E-state index in [-0.39, 0.29) is 0 Å². The Morgan fingerprint density at radius 3 is 2.76 bits per heavy atom. The summed E-state index contributed by atoms with van der Waals surface area (Å²) in [5.41, 5.74) is 3.76. The van der Waals surface area contributed by atoms with Gasteiger partial charge < -0.3 is 9.88 Å². The first-order valence-corrected chi connectivity index (χ1v) is 9.70. The molecule has 4 rings (SSSR count). The lowest BCUT2D eigenvalue weighted by Crippen LogP contribution is -2.37. The average molecular weight is 339 g/mol. The Bertz CT molecular complexity index is 707. The molecule has 0 bridgehead atoms. The summed E-state index contributed by atoms with van der Waals surface area (Å²) in [7, 11) is 2.29. The van der Waals surface area contributed by atoms with Gasteiger partial charge in [0.15, 0.2) is 0 Å². The molecule has 1 aliphatic carbocycles. The maximum absolute atomic E-state index is 4.74. The van der Waals surface area contributed by atoms with Crippen molar-refractivity contribution in [1.82, 2.24) is 20.1 Å². The Morgan fingerprint density at radius 2 is 2.04 bits per heavy atom. The molecule has 1 fully saturated rings. The second-order valence-corrected chi connectivity index (χ2v) is 7.71. The summed E-state index contributed by atoms with van der Waals surface area (Å²) < 4.78 is 0. The smallest absolute Gasteiger partial charge is 0.133 e. The number of nitrogens with one attached hydrogen (secondary N) is 2. The van der Waals surface area contributed by atoms with Crippen molar-refractivity contribution in [2.75, 3.05) is 13.6 Å². The van der Waals surface area contributed by atoms with Crippen LogP contribution < -0.4 is 0 Å². The fourth-order valence-electron chi connectivity index (χ4n) is 4.67. The monoisotopic (exact) mass is 339 g/mol. The summed E-state index contributed by atoms with van der Waals surface area (Å²) in [6.07, 6.45) is 15.8. The third kappa shape index (κ3) is 3.30. The fourth-order valence-corrected chi connectivity index (χ4v) is 4.67. The minimum Gasteiger partial charge on any atom is -0.346 e. The summed E-state index contributed by atoms with van der Waals surface area (Å²) in [6, 6.07) is 0.779. The number of hydrogen-bond acceptors (Lipinski definition) is 3. The van der Waals surface area contributed by atoms with Crippen molar-refractivity contribution in [2.24, 2.45) is 16.8 Å². The van der Waals surface area contributed by atoms with Gasteiger partial charge in [0.05, 0.1) is 6.20 Å².